The van der Waals surface area contributed by atoms with Crippen molar-refractivity contribution in [1.82, 2.24) is 9.88 Å². The summed E-state index contributed by atoms with van der Waals surface area (Å²) in [6.45, 7) is 6.11. The summed E-state index contributed by atoms with van der Waals surface area (Å²) in [7, 11) is 0. The molecule has 2 bridgehead atoms. The van der Waals surface area contributed by atoms with Crippen LogP contribution in [0.2, 0.25) is 0 Å². The molecular formula is C19H24N2O2. The molecule has 4 heterocycles. The molecule has 3 aliphatic rings. The summed E-state index contributed by atoms with van der Waals surface area (Å²) < 4.78 is 0. The summed E-state index contributed by atoms with van der Waals surface area (Å²) in [5.74, 6) is 1.27. The molecule has 3 aliphatic heterocycles. The van der Waals surface area contributed by atoms with Gasteiger partial charge in [0.05, 0.1) is 11.6 Å². The molecule has 23 heavy (non-hydrogen) atoms. The average Bonchev–Trinajstić information content (AvgIpc) is 2.60. The minimum Gasteiger partial charge on any atom is -0.412 e. The van der Waals surface area contributed by atoms with Gasteiger partial charge in [0, 0.05) is 24.2 Å². The number of pyridine rings is 1. The SMILES string of the molecule is C=C[C@H]1CN2CC[C@H]1C[C@H]2[C@H](O)c1ccnc2ccccc12.O. The van der Waals surface area contributed by atoms with Gasteiger partial charge in [-0.05, 0) is 48.9 Å². The molecule has 4 heteroatoms. The Balaban J connectivity index is 0.00000156. The molecule has 0 aliphatic carbocycles. The van der Waals surface area contributed by atoms with Gasteiger partial charge >= 0.3 is 0 Å². The Morgan fingerprint density at radius 2 is 2.13 bits per heavy atom. The van der Waals surface area contributed by atoms with Crippen molar-refractivity contribution in [2.24, 2.45) is 11.8 Å². The van der Waals surface area contributed by atoms with Gasteiger partial charge < -0.3 is 10.6 Å². The zero-order chi connectivity index (χ0) is 15.1. The van der Waals surface area contributed by atoms with Crippen molar-refractivity contribution in [2.75, 3.05) is 13.1 Å². The highest BCUT2D eigenvalue weighted by atomic mass is 16.3. The highest BCUT2D eigenvalue weighted by Gasteiger charge is 2.42. The first kappa shape index (κ1) is 16.1. The van der Waals surface area contributed by atoms with Crippen molar-refractivity contribution in [2.45, 2.75) is 25.0 Å². The molecule has 5 rings (SSSR count). The molecule has 0 saturated carbocycles. The van der Waals surface area contributed by atoms with Crippen molar-refractivity contribution in [1.29, 1.82) is 0 Å². The van der Waals surface area contributed by atoms with Gasteiger partial charge in [-0.15, -0.1) is 6.58 Å². The maximum absolute atomic E-state index is 11.0. The van der Waals surface area contributed by atoms with Crippen LogP contribution < -0.4 is 0 Å². The highest BCUT2D eigenvalue weighted by molar-refractivity contribution is 5.82. The quantitative estimate of drug-likeness (QED) is 0.885. The lowest BCUT2D eigenvalue weighted by molar-refractivity contribution is -0.0444. The van der Waals surface area contributed by atoms with Gasteiger partial charge in [0.2, 0.25) is 0 Å². The van der Waals surface area contributed by atoms with Crippen molar-refractivity contribution in [3.05, 3.63) is 54.7 Å². The van der Waals surface area contributed by atoms with Crippen molar-refractivity contribution < 1.29 is 10.6 Å². The minimum absolute atomic E-state index is 0. The molecule has 1 aromatic heterocycles. The fraction of sp³-hybridized carbons (Fsp3) is 0.421. The normalized spacial score (nSPS) is 30.7. The van der Waals surface area contributed by atoms with E-state index >= 15 is 0 Å². The first-order chi connectivity index (χ1) is 10.8. The number of nitrogens with zero attached hydrogens (tertiary/aromatic N) is 2. The first-order valence-corrected chi connectivity index (χ1v) is 8.16. The van der Waals surface area contributed by atoms with Gasteiger partial charge in [0.15, 0.2) is 0 Å². The summed E-state index contributed by atoms with van der Waals surface area (Å²) in [4.78, 5) is 6.86. The molecule has 0 amide bonds. The number of para-hydroxylation sites is 1. The molecule has 3 saturated heterocycles. The second-order valence-corrected chi connectivity index (χ2v) is 6.61. The number of hydrogen-bond acceptors (Lipinski definition) is 3. The largest absolute Gasteiger partial charge is 0.412 e. The summed E-state index contributed by atoms with van der Waals surface area (Å²) in [6.07, 6.45) is 5.76. The van der Waals surface area contributed by atoms with E-state index in [0.29, 0.717) is 11.8 Å². The topological polar surface area (TPSA) is 67.9 Å². The van der Waals surface area contributed by atoms with Gasteiger partial charge in [0.1, 0.15) is 0 Å². The molecule has 3 fully saturated rings. The lowest BCUT2D eigenvalue weighted by Crippen LogP contribution is -2.54. The van der Waals surface area contributed by atoms with Crippen LogP contribution in [0.5, 0.6) is 0 Å². The van der Waals surface area contributed by atoms with E-state index in [4.69, 9.17) is 0 Å². The number of benzene rings is 1. The molecule has 0 spiro atoms. The van der Waals surface area contributed by atoms with Crippen LogP contribution in [0.15, 0.2) is 49.2 Å². The fourth-order valence-electron chi connectivity index (χ4n) is 4.29. The van der Waals surface area contributed by atoms with Gasteiger partial charge in [-0.2, -0.15) is 0 Å². The molecule has 122 valence electrons. The van der Waals surface area contributed by atoms with Crippen LogP contribution in [-0.2, 0) is 0 Å². The third-order valence-corrected chi connectivity index (χ3v) is 5.52. The van der Waals surface area contributed by atoms with Gasteiger partial charge in [-0.1, -0.05) is 24.3 Å². The van der Waals surface area contributed by atoms with E-state index in [0.717, 1.165) is 36.0 Å². The zero-order valence-corrected chi connectivity index (χ0v) is 13.2. The predicted octanol–water partition coefficient (Wildman–Crippen LogP) is 2.34. The molecule has 0 radical (unpaired) electrons. The zero-order valence-electron chi connectivity index (χ0n) is 13.2. The Morgan fingerprint density at radius 3 is 2.87 bits per heavy atom. The van der Waals surface area contributed by atoms with Gasteiger partial charge in [-0.3, -0.25) is 9.88 Å². The number of fused-ring (bicyclic) bond motifs is 4. The van der Waals surface area contributed by atoms with Crippen molar-refractivity contribution in [3.63, 3.8) is 0 Å². The standard InChI is InChI=1S/C19H22N2O.H2O/c1-2-13-12-21-10-8-14(13)11-18(21)19(22)16-7-9-20-17-6-4-3-5-15(16)17;/h2-7,9,13-14,18-19,22H,1,8,10-12H2;1H2/t13-,14-,18-,19+;/m0./s1. The van der Waals surface area contributed by atoms with Crippen LogP contribution in [0.25, 0.3) is 10.9 Å². The summed E-state index contributed by atoms with van der Waals surface area (Å²) >= 11 is 0. The number of piperidine rings is 3. The van der Waals surface area contributed by atoms with E-state index in [9.17, 15) is 5.11 Å². The number of aliphatic hydroxyl groups is 1. The third-order valence-electron chi connectivity index (χ3n) is 5.52. The van der Waals surface area contributed by atoms with Crippen LogP contribution in [0.4, 0.5) is 0 Å². The van der Waals surface area contributed by atoms with Gasteiger partial charge in [0.25, 0.3) is 0 Å². The van der Waals surface area contributed by atoms with E-state index in [2.05, 4.69) is 28.6 Å². The number of hydrogen-bond donors (Lipinski definition) is 1. The number of aromatic nitrogens is 1. The van der Waals surface area contributed by atoms with Crippen molar-refractivity contribution >= 4 is 10.9 Å². The molecule has 1 aromatic carbocycles. The van der Waals surface area contributed by atoms with E-state index < -0.39 is 6.10 Å². The molecular weight excluding hydrogens is 288 g/mol. The summed E-state index contributed by atoms with van der Waals surface area (Å²) in [5.41, 5.74) is 1.97. The molecule has 5 atom stereocenters. The predicted molar refractivity (Wildman–Crippen MR) is 92.1 cm³/mol. The smallest absolute Gasteiger partial charge is 0.0952 e. The van der Waals surface area contributed by atoms with Gasteiger partial charge in [-0.25, -0.2) is 0 Å². The fourth-order valence-corrected chi connectivity index (χ4v) is 4.29. The Hall–Kier alpha value is -1.75. The molecule has 3 N–H and O–H groups in total. The average molecular weight is 312 g/mol. The second-order valence-electron chi connectivity index (χ2n) is 6.61. The van der Waals surface area contributed by atoms with Crippen LogP contribution in [-0.4, -0.2) is 39.6 Å². The highest BCUT2D eigenvalue weighted by Crippen LogP contribution is 2.41. The Bertz CT molecular complexity index is 697. The third kappa shape index (κ3) is 2.67. The number of aliphatic hydroxyl groups excluding tert-OH is 1. The molecule has 4 nitrogen and oxygen atoms in total. The lowest BCUT2D eigenvalue weighted by Gasteiger charge is -2.50. The van der Waals surface area contributed by atoms with Crippen molar-refractivity contribution in [3.8, 4) is 0 Å². The number of rotatable bonds is 3. The van der Waals surface area contributed by atoms with E-state index in [1.807, 2.05) is 30.5 Å². The van der Waals surface area contributed by atoms with Crippen LogP contribution in [0.3, 0.4) is 0 Å². The maximum Gasteiger partial charge on any atom is 0.0952 e. The Morgan fingerprint density at radius 1 is 1.30 bits per heavy atom. The van der Waals surface area contributed by atoms with E-state index in [1.54, 1.807) is 0 Å². The monoisotopic (exact) mass is 312 g/mol. The first-order valence-electron chi connectivity index (χ1n) is 8.16. The van der Waals surface area contributed by atoms with E-state index in [1.165, 1.54) is 6.42 Å². The van der Waals surface area contributed by atoms with Crippen LogP contribution in [0, 0.1) is 11.8 Å². The molecule has 1 unspecified atom stereocenters. The molecule has 2 aromatic rings. The minimum atomic E-state index is -0.443. The summed E-state index contributed by atoms with van der Waals surface area (Å²) in [6, 6.07) is 10.3. The lowest BCUT2D eigenvalue weighted by atomic mass is 9.73. The summed E-state index contributed by atoms with van der Waals surface area (Å²) in [5, 5.41) is 12.1. The Labute approximate surface area is 136 Å². The van der Waals surface area contributed by atoms with Crippen LogP contribution >= 0.6 is 0 Å². The second kappa shape index (κ2) is 6.40. The van der Waals surface area contributed by atoms with Crippen LogP contribution in [0.1, 0.15) is 24.5 Å². The maximum atomic E-state index is 11.0. The Kier molecular flexibility index (Phi) is 4.48. The van der Waals surface area contributed by atoms with E-state index in [-0.39, 0.29) is 11.5 Å².